The van der Waals surface area contributed by atoms with Gasteiger partial charge in [0, 0.05) is 10.6 Å². The highest BCUT2D eigenvalue weighted by Gasteiger charge is 2.46. The number of imide groups is 1. The second kappa shape index (κ2) is 9.66. The quantitative estimate of drug-likeness (QED) is 0.424. The highest BCUT2D eigenvalue weighted by Crippen LogP contribution is 2.29. The van der Waals surface area contributed by atoms with Crippen molar-refractivity contribution in [1.29, 1.82) is 0 Å². The van der Waals surface area contributed by atoms with Gasteiger partial charge in [-0.15, -0.1) is 11.3 Å². The van der Waals surface area contributed by atoms with Crippen LogP contribution in [0.4, 0.5) is 16.2 Å². The molecule has 3 aromatic rings. The van der Waals surface area contributed by atoms with E-state index < -0.39 is 29.9 Å². The highest BCUT2D eigenvalue weighted by molar-refractivity contribution is 7.09. The minimum absolute atomic E-state index is 0.221. The number of methoxy groups -OCH3 is 1. The maximum absolute atomic E-state index is 13.3. The monoisotopic (exact) mass is 463 g/mol. The van der Waals surface area contributed by atoms with Crippen LogP contribution in [0.2, 0.25) is 0 Å². The molecule has 0 bridgehead atoms. The summed E-state index contributed by atoms with van der Waals surface area (Å²) >= 11 is 1.47. The highest BCUT2D eigenvalue weighted by atomic mass is 32.1. The van der Waals surface area contributed by atoms with Crippen molar-refractivity contribution < 1.29 is 23.9 Å². The molecule has 0 saturated carbocycles. The molecule has 4 amide bonds. The Kier molecular flexibility index (Phi) is 6.50. The van der Waals surface area contributed by atoms with Crippen LogP contribution in [-0.4, -0.2) is 41.9 Å². The van der Waals surface area contributed by atoms with E-state index in [0.29, 0.717) is 11.4 Å². The molecular formula is C24H21N3O5S. The van der Waals surface area contributed by atoms with Crippen LogP contribution in [-0.2, 0) is 20.9 Å². The Balaban J connectivity index is 1.55. The zero-order valence-corrected chi connectivity index (χ0v) is 18.6. The summed E-state index contributed by atoms with van der Waals surface area (Å²) in [5, 5.41) is 4.60. The predicted molar refractivity (Wildman–Crippen MR) is 124 cm³/mol. The maximum atomic E-state index is 13.3. The summed E-state index contributed by atoms with van der Waals surface area (Å²) in [6, 6.07) is 17.3. The van der Waals surface area contributed by atoms with E-state index in [-0.39, 0.29) is 18.5 Å². The van der Waals surface area contributed by atoms with Crippen LogP contribution in [0.5, 0.6) is 0 Å². The first-order valence-electron chi connectivity index (χ1n) is 10.2. The number of esters is 1. The topological polar surface area (TPSA) is 96.0 Å². The number of hydrogen-bond acceptors (Lipinski definition) is 6. The van der Waals surface area contributed by atoms with Gasteiger partial charge in [-0.1, -0.05) is 30.3 Å². The third-order valence-corrected chi connectivity index (χ3v) is 6.05. The van der Waals surface area contributed by atoms with Gasteiger partial charge in [0.15, 0.2) is 0 Å². The van der Waals surface area contributed by atoms with E-state index in [1.54, 1.807) is 48.5 Å². The first-order valence-corrected chi connectivity index (χ1v) is 11.1. The molecule has 4 rings (SSSR count). The van der Waals surface area contributed by atoms with Crippen LogP contribution < -0.4 is 10.2 Å². The molecule has 0 spiro atoms. The first-order chi connectivity index (χ1) is 16.0. The number of benzene rings is 2. The molecule has 1 unspecified atom stereocenters. The van der Waals surface area contributed by atoms with Gasteiger partial charge in [-0.05, 0) is 41.8 Å². The second-order valence-electron chi connectivity index (χ2n) is 7.34. The number of thiophene rings is 1. The number of nitrogens with one attached hydrogen (secondary N) is 1. The molecule has 2 aromatic carbocycles. The van der Waals surface area contributed by atoms with Gasteiger partial charge in [-0.3, -0.25) is 9.59 Å². The summed E-state index contributed by atoms with van der Waals surface area (Å²) in [7, 11) is 1.27. The van der Waals surface area contributed by atoms with Crippen molar-refractivity contribution in [3.8, 4) is 0 Å². The van der Waals surface area contributed by atoms with Gasteiger partial charge in [0.25, 0.3) is 5.91 Å². The Morgan fingerprint density at radius 3 is 2.52 bits per heavy atom. The SMILES string of the molecule is COC(=O)c1cccc(NC(=O)CC2C(=O)N(c3ccccc3)C(=O)N2Cc2cccs2)c1. The number of anilines is 2. The third-order valence-electron chi connectivity index (χ3n) is 5.19. The molecule has 1 aliphatic rings. The molecule has 1 atom stereocenters. The van der Waals surface area contributed by atoms with Crippen LogP contribution >= 0.6 is 11.3 Å². The minimum Gasteiger partial charge on any atom is -0.465 e. The molecule has 1 aromatic heterocycles. The lowest BCUT2D eigenvalue weighted by Gasteiger charge is -2.21. The number of amides is 4. The van der Waals surface area contributed by atoms with Gasteiger partial charge in [0.1, 0.15) is 6.04 Å². The van der Waals surface area contributed by atoms with Crippen molar-refractivity contribution in [1.82, 2.24) is 4.90 Å². The summed E-state index contributed by atoms with van der Waals surface area (Å²) < 4.78 is 4.70. The maximum Gasteiger partial charge on any atom is 0.337 e. The second-order valence-corrected chi connectivity index (χ2v) is 8.37. The fourth-order valence-corrected chi connectivity index (χ4v) is 4.33. The Labute approximate surface area is 194 Å². The molecule has 1 aliphatic heterocycles. The van der Waals surface area contributed by atoms with Crippen molar-refractivity contribution in [3.05, 3.63) is 82.6 Å². The van der Waals surface area contributed by atoms with Crippen molar-refractivity contribution in [2.75, 3.05) is 17.3 Å². The summed E-state index contributed by atoms with van der Waals surface area (Å²) in [5.74, 6) is -1.43. The zero-order chi connectivity index (χ0) is 23.4. The van der Waals surface area contributed by atoms with Gasteiger partial charge in [0.05, 0.1) is 31.3 Å². The summed E-state index contributed by atoms with van der Waals surface area (Å²) in [4.78, 5) is 54.5. The Bertz CT molecular complexity index is 1180. The fourth-order valence-electron chi connectivity index (χ4n) is 3.63. The van der Waals surface area contributed by atoms with Crippen LogP contribution in [0.25, 0.3) is 0 Å². The van der Waals surface area contributed by atoms with E-state index in [0.717, 1.165) is 9.78 Å². The molecule has 9 heteroatoms. The number of ether oxygens (including phenoxy) is 1. The average Bonchev–Trinajstić information content (AvgIpc) is 3.42. The third kappa shape index (κ3) is 4.78. The molecule has 2 heterocycles. The van der Waals surface area contributed by atoms with E-state index in [2.05, 4.69) is 5.32 Å². The first kappa shape index (κ1) is 22.2. The van der Waals surface area contributed by atoms with Crippen LogP contribution in [0.1, 0.15) is 21.7 Å². The number of urea groups is 1. The molecule has 168 valence electrons. The molecule has 33 heavy (non-hydrogen) atoms. The lowest BCUT2D eigenvalue weighted by atomic mass is 10.1. The number of hydrogen-bond donors (Lipinski definition) is 1. The number of carbonyl (C=O) groups is 4. The Morgan fingerprint density at radius 2 is 1.82 bits per heavy atom. The molecular weight excluding hydrogens is 442 g/mol. The van der Waals surface area contributed by atoms with Crippen molar-refractivity contribution in [3.63, 3.8) is 0 Å². The largest absolute Gasteiger partial charge is 0.465 e. The van der Waals surface area contributed by atoms with Crippen LogP contribution in [0.15, 0.2) is 72.1 Å². The molecule has 1 saturated heterocycles. The summed E-state index contributed by atoms with van der Waals surface area (Å²) in [5.41, 5.74) is 1.14. The summed E-state index contributed by atoms with van der Waals surface area (Å²) in [6.07, 6.45) is -0.221. The molecule has 8 nitrogen and oxygen atoms in total. The van der Waals surface area contributed by atoms with E-state index in [4.69, 9.17) is 4.74 Å². The number of para-hydroxylation sites is 1. The number of carbonyl (C=O) groups excluding carboxylic acids is 4. The molecule has 0 radical (unpaired) electrons. The lowest BCUT2D eigenvalue weighted by molar-refractivity contribution is -0.124. The zero-order valence-electron chi connectivity index (χ0n) is 17.8. The average molecular weight is 464 g/mol. The van der Waals surface area contributed by atoms with Gasteiger partial charge < -0.3 is 15.0 Å². The molecule has 0 aliphatic carbocycles. The molecule has 1 fully saturated rings. The Hall–Kier alpha value is -3.98. The standard InChI is InChI=1S/C24H21N3O5S/c1-32-23(30)16-7-5-8-17(13-16)25-21(28)14-20-22(29)27(18-9-3-2-4-10-18)24(31)26(20)15-19-11-6-12-33-19/h2-13,20H,14-15H2,1H3,(H,25,28). The minimum atomic E-state index is -0.955. The summed E-state index contributed by atoms with van der Waals surface area (Å²) in [6.45, 7) is 0.224. The predicted octanol–water partition coefficient (Wildman–Crippen LogP) is 3.90. The van der Waals surface area contributed by atoms with Gasteiger partial charge in [-0.2, -0.15) is 0 Å². The van der Waals surface area contributed by atoms with Crippen molar-refractivity contribution >= 4 is 46.5 Å². The van der Waals surface area contributed by atoms with Crippen LogP contribution in [0, 0.1) is 0 Å². The number of rotatable bonds is 7. The van der Waals surface area contributed by atoms with Gasteiger partial charge in [-0.25, -0.2) is 14.5 Å². The van der Waals surface area contributed by atoms with Gasteiger partial charge >= 0.3 is 12.0 Å². The normalized spacial score (nSPS) is 15.6. The van der Waals surface area contributed by atoms with E-state index in [1.165, 1.54) is 29.4 Å². The smallest absolute Gasteiger partial charge is 0.337 e. The Morgan fingerprint density at radius 1 is 1.03 bits per heavy atom. The molecule has 1 N–H and O–H groups in total. The van der Waals surface area contributed by atoms with Gasteiger partial charge in [0.2, 0.25) is 5.91 Å². The van der Waals surface area contributed by atoms with E-state index in [1.807, 2.05) is 17.5 Å². The lowest BCUT2D eigenvalue weighted by Crippen LogP contribution is -2.37. The van der Waals surface area contributed by atoms with E-state index in [9.17, 15) is 19.2 Å². The number of nitrogens with zero attached hydrogens (tertiary/aromatic N) is 2. The van der Waals surface area contributed by atoms with Crippen molar-refractivity contribution in [2.45, 2.75) is 19.0 Å². The van der Waals surface area contributed by atoms with Crippen molar-refractivity contribution in [2.24, 2.45) is 0 Å². The van der Waals surface area contributed by atoms with E-state index >= 15 is 0 Å². The van der Waals surface area contributed by atoms with Crippen LogP contribution in [0.3, 0.4) is 0 Å². The fraction of sp³-hybridized carbons (Fsp3) is 0.167.